The molecule has 0 aromatic carbocycles. The van der Waals surface area contributed by atoms with Gasteiger partial charge in [0.1, 0.15) is 4.90 Å². The first-order chi connectivity index (χ1) is 9.53. The van der Waals surface area contributed by atoms with Crippen molar-refractivity contribution in [1.29, 1.82) is 0 Å². The smallest absolute Gasteiger partial charge is 0.242 e. The Morgan fingerprint density at radius 1 is 1.40 bits per heavy atom. The third kappa shape index (κ3) is 4.45. The van der Waals surface area contributed by atoms with Crippen molar-refractivity contribution < 1.29 is 8.42 Å². The lowest BCUT2D eigenvalue weighted by molar-refractivity contribution is 0.529. The summed E-state index contributed by atoms with van der Waals surface area (Å²) in [4.78, 5) is 1.40. The number of thioether (sulfide) groups is 1. The highest BCUT2D eigenvalue weighted by molar-refractivity contribution is 9.11. The molecule has 4 nitrogen and oxygen atoms in total. The van der Waals surface area contributed by atoms with Crippen LogP contribution < -0.4 is 10.0 Å². The minimum Gasteiger partial charge on any atom is -0.312 e. The van der Waals surface area contributed by atoms with Crippen molar-refractivity contribution in [2.75, 3.05) is 18.1 Å². The maximum atomic E-state index is 12.4. The van der Waals surface area contributed by atoms with Crippen LogP contribution in [0.1, 0.15) is 24.6 Å². The minimum atomic E-state index is -3.42. The largest absolute Gasteiger partial charge is 0.312 e. The molecule has 0 unspecified atom stereocenters. The van der Waals surface area contributed by atoms with E-state index in [4.69, 9.17) is 0 Å². The molecule has 1 aliphatic rings. The summed E-state index contributed by atoms with van der Waals surface area (Å²) in [5.41, 5.74) is 0. The van der Waals surface area contributed by atoms with Crippen LogP contribution >= 0.6 is 39.0 Å². The first-order valence-corrected chi connectivity index (χ1v) is 10.9. The van der Waals surface area contributed by atoms with Crippen molar-refractivity contribution in [2.24, 2.45) is 0 Å². The molecule has 20 heavy (non-hydrogen) atoms. The molecule has 1 aliphatic heterocycles. The van der Waals surface area contributed by atoms with E-state index in [9.17, 15) is 8.42 Å². The van der Waals surface area contributed by atoms with Crippen LogP contribution in [0.4, 0.5) is 0 Å². The fourth-order valence-corrected chi connectivity index (χ4v) is 7.08. The molecule has 2 rings (SSSR count). The summed E-state index contributed by atoms with van der Waals surface area (Å²) in [7, 11) is -3.42. The molecule has 2 N–H and O–H groups in total. The Bertz CT molecular complexity index is 539. The van der Waals surface area contributed by atoms with Gasteiger partial charge in [-0.1, -0.05) is 6.92 Å². The standard InChI is InChI=1S/C12H19BrN2O2S3/c1-2-14-8-10-7-11(12(13)19-10)20(16,17)15-9-3-5-18-6-4-9/h7,9,14-15H,2-6,8H2,1H3. The fraction of sp³-hybridized carbons (Fsp3) is 0.667. The predicted octanol–water partition coefficient (Wildman–Crippen LogP) is 2.79. The maximum absolute atomic E-state index is 12.4. The second-order valence-corrected chi connectivity index (χ2v) is 10.0. The highest BCUT2D eigenvalue weighted by Crippen LogP contribution is 2.32. The van der Waals surface area contributed by atoms with Gasteiger partial charge >= 0.3 is 0 Å². The Balaban J connectivity index is 2.09. The van der Waals surface area contributed by atoms with E-state index in [0.29, 0.717) is 15.2 Å². The number of hydrogen-bond donors (Lipinski definition) is 2. The van der Waals surface area contributed by atoms with E-state index in [1.807, 2.05) is 18.7 Å². The Morgan fingerprint density at radius 3 is 2.75 bits per heavy atom. The van der Waals surface area contributed by atoms with Gasteiger partial charge in [-0.2, -0.15) is 11.8 Å². The molecule has 0 bridgehead atoms. The zero-order valence-corrected chi connectivity index (χ0v) is 15.4. The van der Waals surface area contributed by atoms with Gasteiger partial charge in [0.2, 0.25) is 10.0 Å². The summed E-state index contributed by atoms with van der Waals surface area (Å²) >= 11 is 6.74. The summed E-state index contributed by atoms with van der Waals surface area (Å²) in [6.45, 7) is 3.61. The van der Waals surface area contributed by atoms with Gasteiger partial charge in [0.25, 0.3) is 0 Å². The van der Waals surface area contributed by atoms with Gasteiger partial charge in [0.05, 0.1) is 3.79 Å². The van der Waals surface area contributed by atoms with Crippen LogP contribution in [0.15, 0.2) is 14.7 Å². The molecule has 1 fully saturated rings. The zero-order chi connectivity index (χ0) is 14.6. The van der Waals surface area contributed by atoms with Crippen LogP contribution in [0.3, 0.4) is 0 Å². The van der Waals surface area contributed by atoms with E-state index in [1.165, 1.54) is 11.3 Å². The summed E-state index contributed by atoms with van der Waals surface area (Å²) in [6, 6.07) is 1.84. The van der Waals surface area contributed by atoms with Crippen LogP contribution in [-0.2, 0) is 16.6 Å². The van der Waals surface area contributed by atoms with Crippen LogP contribution in [0.25, 0.3) is 0 Å². The van der Waals surface area contributed by atoms with E-state index in [2.05, 4.69) is 26.0 Å². The number of thiophene rings is 1. The van der Waals surface area contributed by atoms with E-state index in [1.54, 1.807) is 6.07 Å². The molecule has 1 saturated heterocycles. The number of sulfonamides is 1. The van der Waals surface area contributed by atoms with Crippen molar-refractivity contribution in [3.63, 3.8) is 0 Å². The van der Waals surface area contributed by atoms with Gasteiger partial charge in [0.15, 0.2) is 0 Å². The molecule has 1 aromatic rings. The third-order valence-electron chi connectivity index (χ3n) is 3.09. The van der Waals surface area contributed by atoms with Crippen molar-refractivity contribution in [2.45, 2.75) is 37.2 Å². The molecule has 114 valence electrons. The lowest BCUT2D eigenvalue weighted by Gasteiger charge is -2.22. The monoisotopic (exact) mass is 398 g/mol. The molecular weight excluding hydrogens is 380 g/mol. The van der Waals surface area contributed by atoms with E-state index in [0.717, 1.165) is 35.8 Å². The number of halogens is 1. The second kappa shape index (κ2) is 7.60. The molecular formula is C12H19BrN2O2S3. The third-order valence-corrected chi connectivity index (χ3v) is 7.91. The lowest BCUT2D eigenvalue weighted by Crippen LogP contribution is -2.37. The fourth-order valence-electron chi connectivity index (χ4n) is 2.01. The molecule has 0 saturated carbocycles. The van der Waals surface area contributed by atoms with Crippen molar-refractivity contribution in [3.8, 4) is 0 Å². The van der Waals surface area contributed by atoms with Gasteiger partial charge in [-0.3, -0.25) is 0 Å². The normalized spacial score (nSPS) is 17.5. The van der Waals surface area contributed by atoms with E-state index >= 15 is 0 Å². The Kier molecular flexibility index (Phi) is 6.37. The molecule has 0 spiro atoms. The second-order valence-electron chi connectivity index (χ2n) is 4.64. The molecule has 0 atom stereocenters. The van der Waals surface area contributed by atoms with Crippen LogP contribution in [0.2, 0.25) is 0 Å². The molecule has 1 aromatic heterocycles. The first-order valence-electron chi connectivity index (χ1n) is 6.62. The molecule has 2 heterocycles. The molecule has 0 radical (unpaired) electrons. The topological polar surface area (TPSA) is 58.2 Å². The highest BCUT2D eigenvalue weighted by atomic mass is 79.9. The van der Waals surface area contributed by atoms with Gasteiger partial charge in [-0.05, 0) is 52.9 Å². The lowest BCUT2D eigenvalue weighted by atomic mass is 10.2. The summed E-state index contributed by atoms with van der Waals surface area (Å²) in [5, 5.41) is 3.21. The van der Waals surface area contributed by atoms with Gasteiger partial charge in [-0.25, -0.2) is 13.1 Å². The molecule has 8 heteroatoms. The van der Waals surface area contributed by atoms with Gasteiger partial charge < -0.3 is 5.32 Å². The summed E-state index contributed by atoms with van der Waals surface area (Å²) in [6.07, 6.45) is 1.83. The molecule has 0 amide bonds. The predicted molar refractivity (Wildman–Crippen MR) is 90.1 cm³/mol. The quantitative estimate of drug-likeness (QED) is 0.773. The Morgan fingerprint density at radius 2 is 2.10 bits per heavy atom. The maximum Gasteiger partial charge on any atom is 0.242 e. The van der Waals surface area contributed by atoms with Crippen LogP contribution in [0.5, 0.6) is 0 Å². The zero-order valence-electron chi connectivity index (χ0n) is 11.3. The highest BCUT2D eigenvalue weighted by Gasteiger charge is 2.25. The average molecular weight is 399 g/mol. The van der Waals surface area contributed by atoms with Crippen LogP contribution in [0, 0.1) is 0 Å². The van der Waals surface area contributed by atoms with E-state index in [-0.39, 0.29) is 6.04 Å². The SMILES string of the molecule is CCNCc1cc(S(=O)(=O)NC2CCSCC2)c(Br)s1. The number of rotatable bonds is 6. The number of nitrogens with one attached hydrogen (secondary N) is 2. The van der Waals surface area contributed by atoms with Crippen molar-refractivity contribution in [3.05, 3.63) is 14.7 Å². The minimum absolute atomic E-state index is 0.0743. The Hall–Kier alpha value is 0.400. The number of hydrogen-bond acceptors (Lipinski definition) is 5. The van der Waals surface area contributed by atoms with Gasteiger partial charge in [-0.15, -0.1) is 11.3 Å². The van der Waals surface area contributed by atoms with Crippen molar-refractivity contribution in [1.82, 2.24) is 10.0 Å². The van der Waals surface area contributed by atoms with Gasteiger partial charge in [0, 0.05) is 17.5 Å². The first kappa shape index (κ1) is 16.8. The van der Waals surface area contributed by atoms with Crippen LogP contribution in [-0.4, -0.2) is 32.5 Å². The summed E-state index contributed by atoms with van der Waals surface area (Å²) < 4.78 is 28.4. The molecule has 0 aliphatic carbocycles. The van der Waals surface area contributed by atoms with Crippen molar-refractivity contribution >= 4 is 49.1 Å². The summed E-state index contributed by atoms with van der Waals surface area (Å²) in [5.74, 6) is 2.06. The van der Waals surface area contributed by atoms with E-state index < -0.39 is 10.0 Å². The average Bonchev–Trinajstić information content (AvgIpc) is 2.79. The Labute approximate surface area is 137 Å².